The molecular weight excluding hydrogens is 483 g/mol. The largest absolute Gasteiger partial charge is 0.378 e. The van der Waals surface area contributed by atoms with Gasteiger partial charge in [0.25, 0.3) is 5.91 Å². The molecule has 2 aliphatic heterocycles. The normalized spacial score (nSPS) is 21.5. The van der Waals surface area contributed by atoms with Gasteiger partial charge in [-0.2, -0.15) is 0 Å². The Labute approximate surface area is 217 Å². The molecule has 5 nitrogen and oxygen atoms in total. The number of nitrogens with zero attached hydrogens (tertiary/aromatic N) is 2. The predicted octanol–water partition coefficient (Wildman–Crippen LogP) is 5.86. The minimum Gasteiger partial charge on any atom is -0.378 e. The number of halogens is 2. The lowest BCUT2D eigenvalue weighted by atomic mass is 9.93. The first-order valence-electron chi connectivity index (χ1n) is 12.8. The Morgan fingerprint density at radius 2 is 1.54 bits per heavy atom. The smallest absolute Gasteiger partial charge is 0.254 e. The van der Waals surface area contributed by atoms with Crippen LogP contribution in [-0.2, 0) is 16.0 Å². The van der Waals surface area contributed by atoms with E-state index < -0.39 is 0 Å². The van der Waals surface area contributed by atoms with E-state index in [4.69, 9.17) is 27.9 Å². The van der Waals surface area contributed by atoms with Crippen LogP contribution in [0, 0.1) is 5.92 Å². The van der Waals surface area contributed by atoms with Crippen LogP contribution in [0.15, 0.2) is 36.4 Å². The van der Waals surface area contributed by atoms with Gasteiger partial charge in [-0.1, -0.05) is 54.6 Å². The highest BCUT2D eigenvalue weighted by Crippen LogP contribution is 2.36. The van der Waals surface area contributed by atoms with Crippen LogP contribution in [0.1, 0.15) is 54.4 Å². The van der Waals surface area contributed by atoms with Crippen LogP contribution in [-0.4, -0.2) is 60.5 Å². The third-order valence-corrected chi connectivity index (χ3v) is 8.40. The van der Waals surface area contributed by atoms with Gasteiger partial charge in [-0.05, 0) is 66.6 Å². The molecule has 2 aromatic carbocycles. The fourth-order valence-electron chi connectivity index (χ4n) is 5.67. The van der Waals surface area contributed by atoms with Gasteiger partial charge >= 0.3 is 0 Å². The van der Waals surface area contributed by atoms with Crippen LogP contribution in [0.2, 0.25) is 10.0 Å². The first-order valence-corrected chi connectivity index (χ1v) is 13.5. The van der Waals surface area contributed by atoms with Crippen molar-refractivity contribution in [2.75, 3.05) is 32.8 Å². The van der Waals surface area contributed by atoms with Crippen molar-refractivity contribution in [1.82, 2.24) is 9.80 Å². The second kappa shape index (κ2) is 10.9. The van der Waals surface area contributed by atoms with Gasteiger partial charge in [0.05, 0.1) is 13.2 Å². The Bertz CT molecular complexity index is 1050. The van der Waals surface area contributed by atoms with Crippen molar-refractivity contribution in [3.8, 4) is 11.1 Å². The third-order valence-electron chi connectivity index (χ3n) is 7.72. The summed E-state index contributed by atoms with van der Waals surface area (Å²) < 4.78 is 5.34. The molecule has 0 bridgehead atoms. The number of rotatable bonds is 5. The summed E-state index contributed by atoms with van der Waals surface area (Å²) in [6.45, 7) is 3.25. The Morgan fingerprint density at radius 1 is 0.886 bits per heavy atom. The number of hydrogen-bond acceptors (Lipinski definition) is 3. The van der Waals surface area contributed by atoms with Crippen LogP contribution in [0.4, 0.5) is 0 Å². The fraction of sp³-hybridized carbons (Fsp3) is 0.500. The maximum absolute atomic E-state index is 13.1. The predicted molar refractivity (Wildman–Crippen MR) is 139 cm³/mol. The summed E-state index contributed by atoms with van der Waals surface area (Å²) in [5, 5.41) is 1.18. The van der Waals surface area contributed by atoms with Crippen LogP contribution in [0.5, 0.6) is 0 Å². The van der Waals surface area contributed by atoms with Crippen LogP contribution in [0.25, 0.3) is 11.1 Å². The zero-order valence-corrected chi connectivity index (χ0v) is 21.5. The highest BCUT2D eigenvalue weighted by Gasteiger charge is 2.36. The van der Waals surface area contributed by atoms with Crippen LogP contribution < -0.4 is 0 Å². The lowest BCUT2D eigenvalue weighted by Crippen LogP contribution is -2.40. The minimum absolute atomic E-state index is 0.0229. The van der Waals surface area contributed by atoms with Gasteiger partial charge in [-0.15, -0.1) is 0 Å². The molecule has 7 heteroatoms. The number of likely N-dealkylation sites (tertiary alicyclic amines) is 1. The molecule has 2 aromatic rings. The SMILES string of the molecule is O=C(c1ccc(-c2cc(Cl)c(CC3CCN(C4CCCCC4)C3=O)c(Cl)c2)cc1)N1CCOCC1. The van der Waals surface area contributed by atoms with E-state index in [1.807, 2.05) is 41.3 Å². The van der Waals surface area contributed by atoms with E-state index in [9.17, 15) is 9.59 Å². The quantitative estimate of drug-likeness (QED) is 0.502. The average Bonchev–Trinajstić information content (AvgIpc) is 3.26. The highest BCUT2D eigenvalue weighted by atomic mass is 35.5. The van der Waals surface area contributed by atoms with E-state index in [0.717, 1.165) is 42.5 Å². The summed E-state index contributed by atoms with van der Waals surface area (Å²) >= 11 is 13.4. The Hall–Kier alpha value is -2.08. The summed E-state index contributed by atoms with van der Waals surface area (Å²) in [6.07, 6.45) is 7.43. The van der Waals surface area contributed by atoms with E-state index in [-0.39, 0.29) is 17.7 Å². The lowest BCUT2D eigenvalue weighted by Gasteiger charge is -2.31. The van der Waals surface area contributed by atoms with Crippen LogP contribution >= 0.6 is 23.2 Å². The van der Waals surface area contributed by atoms with E-state index in [1.165, 1.54) is 19.3 Å². The molecule has 1 unspecified atom stereocenters. The summed E-state index contributed by atoms with van der Waals surface area (Å²) in [7, 11) is 0. The molecule has 3 fully saturated rings. The zero-order chi connectivity index (χ0) is 24.4. The number of carbonyl (C=O) groups excluding carboxylic acids is 2. The van der Waals surface area contributed by atoms with E-state index in [1.54, 1.807) is 0 Å². The number of ether oxygens (including phenoxy) is 1. The standard InChI is InChI=1S/C28H32Cl2N2O3/c29-25-17-22(19-6-8-20(9-7-19)27(33)31-12-14-35-15-13-31)18-26(30)24(25)16-21-10-11-32(28(21)34)23-4-2-1-3-5-23/h6-9,17-18,21,23H,1-5,10-16H2. The second-order valence-corrected chi connectivity index (χ2v) is 10.7. The number of amides is 2. The van der Waals surface area contributed by atoms with E-state index in [0.29, 0.717) is 54.4 Å². The van der Waals surface area contributed by atoms with Crippen molar-refractivity contribution < 1.29 is 14.3 Å². The lowest BCUT2D eigenvalue weighted by molar-refractivity contribution is -0.133. The molecule has 1 aliphatic carbocycles. The van der Waals surface area contributed by atoms with E-state index >= 15 is 0 Å². The van der Waals surface area contributed by atoms with Gasteiger partial charge in [0.1, 0.15) is 0 Å². The first kappa shape index (κ1) is 24.6. The van der Waals surface area contributed by atoms with E-state index in [2.05, 4.69) is 4.90 Å². The molecule has 2 heterocycles. The molecule has 186 valence electrons. The molecule has 2 saturated heterocycles. The summed E-state index contributed by atoms with van der Waals surface area (Å²) in [5.74, 6) is 0.228. The number of benzene rings is 2. The van der Waals surface area contributed by atoms with Gasteiger partial charge in [-0.3, -0.25) is 9.59 Å². The Morgan fingerprint density at radius 3 is 2.20 bits per heavy atom. The topological polar surface area (TPSA) is 49.9 Å². The molecule has 1 saturated carbocycles. The monoisotopic (exact) mass is 514 g/mol. The summed E-state index contributed by atoms with van der Waals surface area (Å²) in [4.78, 5) is 29.8. The van der Waals surface area contributed by atoms with Crippen molar-refractivity contribution in [2.24, 2.45) is 5.92 Å². The average molecular weight is 515 g/mol. The maximum atomic E-state index is 13.1. The van der Waals surface area contributed by atoms with Gasteiger partial charge in [0.2, 0.25) is 5.91 Å². The molecule has 0 aromatic heterocycles. The molecular formula is C28H32Cl2N2O3. The fourth-order valence-corrected chi connectivity index (χ4v) is 6.31. The first-order chi connectivity index (χ1) is 17.0. The maximum Gasteiger partial charge on any atom is 0.254 e. The molecule has 5 rings (SSSR count). The molecule has 0 spiro atoms. The molecule has 35 heavy (non-hydrogen) atoms. The Balaban J connectivity index is 1.27. The van der Waals surface area contributed by atoms with Gasteiger partial charge < -0.3 is 14.5 Å². The van der Waals surface area contributed by atoms with Crippen molar-refractivity contribution in [2.45, 2.75) is 51.0 Å². The van der Waals surface area contributed by atoms with Gasteiger partial charge in [-0.25, -0.2) is 0 Å². The number of carbonyl (C=O) groups is 2. The molecule has 0 N–H and O–H groups in total. The Kier molecular flexibility index (Phi) is 7.66. The zero-order valence-electron chi connectivity index (χ0n) is 20.0. The third kappa shape index (κ3) is 5.37. The molecule has 2 amide bonds. The van der Waals surface area contributed by atoms with Crippen molar-refractivity contribution in [3.63, 3.8) is 0 Å². The van der Waals surface area contributed by atoms with Crippen molar-refractivity contribution in [3.05, 3.63) is 57.6 Å². The van der Waals surface area contributed by atoms with Gasteiger partial charge in [0, 0.05) is 47.2 Å². The minimum atomic E-state index is -0.0525. The van der Waals surface area contributed by atoms with Crippen molar-refractivity contribution in [1.29, 1.82) is 0 Å². The summed E-state index contributed by atoms with van der Waals surface area (Å²) in [5.41, 5.74) is 3.35. The highest BCUT2D eigenvalue weighted by molar-refractivity contribution is 6.36. The molecule has 3 aliphatic rings. The van der Waals surface area contributed by atoms with Gasteiger partial charge in [0.15, 0.2) is 0 Å². The molecule has 0 radical (unpaired) electrons. The second-order valence-electron chi connectivity index (χ2n) is 9.91. The molecule has 1 atom stereocenters. The summed E-state index contributed by atoms with van der Waals surface area (Å²) in [6, 6.07) is 11.8. The van der Waals surface area contributed by atoms with Crippen molar-refractivity contribution >= 4 is 35.0 Å². The number of hydrogen-bond donors (Lipinski definition) is 0. The van der Waals surface area contributed by atoms with Crippen LogP contribution in [0.3, 0.4) is 0 Å². The number of morpholine rings is 1.